The van der Waals surface area contributed by atoms with Gasteiger partial charge in [0.2, 0.25) is 5.91 Å². The van der Waals surface area contributed by atoms with Crippen LogP contribution < -0.4 is 11.1 Å². The van der Waals surface area contributed by atoms with Crippen LogP contribution in [0.2, 0.25) is 0 Å². The zero-order valence-corrected chi connectivity index (χ0v) is 19.7. The molecule has 3 rings (SSSR count). The van der Waals surface area contributed by atoms with Crippen molar-refractivity contribution in [3.8, 4) is 0 Å². The van der Waals surface area contributed by atoms with Crippen LogP contribution in [0.1, 0.15) is 35.4 Å². The van der Waals surface area contributed by atoms with Crippen LogP contribution in [-0.4, -0.2) is 51.8 Å². The Hall–Kier alpha value is -2.78. The van der Waals surface area contributed by atoms with Crippen LogP contribution in [-0.2, 0) is 17.6 Å². The van der Waals surface area contributed by atoms with Crippen molar-refractivity contribution in [1.82, 2.24) is 9.88 Å². The molecule has 5 N–H and O–H groups in total. The Morgan fingerprint density at radius 2 is 1.91 bits per heavy atom. The number of carbonyl (C=O) groups is 1. The lowest BCUT2D eigenvalue weighted by Gasteiger charge is -2.32. The zero-order valence-electron chi connectivity index (χ0n) is 18.9. The van der Waals surface area contributed by atoms with Gasteiger partial charge in [-0.15, -0.1) is 11.3 Å². The molecule has 2 unspecified atom stereocenters. The van der Waals surface area contributed by atoms with E-state index in [1.165, 1.54) is 11.3 Å². The summed E-state index contributed by atoms with van der Waals surface area (Å²) in [6, 6.07) is 17.5. The predicted molar refractivity (Wildman–Crippen MR) is 133 cm³/mol. The second kappa shape index (κ2) is 12.5. The first-order valence-electron chi connectivity index (χ1n) is 11.1. The fraction of sp³-hybridized carbons (Fsp3) is 0.360. The summed E-state index contributed by atoms with van der Waals surface area (Å²) in [5, 5.41) is 23.7. The first-order chi connectivity index (χ1) is 16.0. The van der Waals surface area contributed by atoms with Crippen molar-refractivity contribution < 1.29 is 15.0 Å². The van der Waals surface area contributed by atoms with Gasteiger partial charge in [-0.3, -0.25) is 9.69 Å². The van der Waals surface area contributed by atoms with E-state index in [-0.39, 0.29) is 25.0 Å². The van der Waals surface area contributed by atoms with Gasteiger partial charge in [-0.1, -0.05) is 49.4 Å². The van der Waals surface area contributed by atoms with Crippen LogP contribution in [0.15, 0.2) is 60.8 Å². The maximum Gasteiger partial charge on any atom is 0.229 e. The smallest absolute Gasteiger partial charge is 0.229 e. The number of amides is 1. The third-order valence-corrected chi connectivity index (χ3v) is 6.37. The summed E-state index contributed by atoms with van der Waals surface area (Å²) in [5.41, 5.74) is 8.49. The van der Waals surface area contributed by atoms with Gasteiger partial charge in [0, 0.05) is 29.9 Å². The number of nitrogens with two attached hydrogens (primary N) is 1. The molecule has 7 nitrogen and oxygen atoms in total. The minimum absolute atomic E-state index is 0.0170. The van der Waals surface area contributed by atoms with E-state index in [0.717, 1.165) is 28.1 Å². The highest BCUT2D eigenvalue weighted by Gasteiger charge is 2.21. The van der Waals surface area contributed by atoms with Gasteiger partial charge in [-0.05, 0) is 36.1 Å². The van der Waals surface area contributed by atoms with Crippen molar-refractivity contribution in [2.75, 3.05) is 30.7 Å². The highest BCUT2D eigenvalue weighted by atomic mass is 32.1. The number of thiazole rings is 1. The van der Waals surface area contributed by atoms with Crippen molar-refractivity contribution in [2.45, 2.75) is 38.3 Å². The Kier molecular flexibility index (Phi) is 9.38. The van der Waals surface area contributed by atoms with Gasteiger partial charge in [0.25, 0.3) is 0 Å². The number of anilines is 2. The summed E-state index contributed by atoms with van der Waals surface area (Å²) in [7, 11) is 0. The highest BCUT2D eigenvalue weighted by molar-refractivity contribution is 7.15. The minimum atomic E-state index is -0.450. The topological polar surface area (TPSA) is 112 Å². The lowest BCUT2D eigenvalue weighted by molar-refractivity contribution is -0.115. The number of rotatable bonds is 12. The molecule has 1 heterocycles. The number of nitrogens with zero attached hydrogens (tertiary/aromatic N) is 2. The van der Waals surface area contributed by atoms with E-state index in [1.807, 2.05) is 61.5 Å². The molecule has 0 bridgehead atoms. The summed E-state index contributed by atoms with van der Waals surface area (Å²) in [4.78, 5) is 19.2. The van der Waals surface area contributed by atoms with Gasteiger partial charge in [-0.25, -0.2) is 4.98 Å². The molecular weight excluding hydrogens is 436 g/mol. The molecule has 0 spiro atoms. The fourth-order valence-electron chi connectivity index (χ4n) is 3.68. The van der Waals surface area contributed by atoms with E-state index in [9.17, 15) is 15.0 Å². The molecule has 176 valence electrons. The first kappa shape index (κ1) is 24.9. The zero-order chi connectivity index (χ0) is 23.6. The standard InChI is InChI=1S/C25H32N4O3S/c1-2-21(31)16-29(23(17-30)19-6-4-3-5-7-19)13-12-18-8-10-20(11-9-18)28-24(32)14-22-15-27-25(26)33-22/h3-11,15,21,23,30-31H,2,12-14,16-17H2,1H3,(H2,26,27)(H,28,32). The first-order valence-corrected chi connectivity index (χ1v) is 12.0. The average Bonchev–Trinajstić information content (AvgIpc) is 3.23. The molecule has 0 aliphatic rings. The lowest BCUT2D eigenvalue weighted by Crippen LogP contribution is -2.38. The summed E-state index contributed by atoms with van der Waals surface area (Å²) in [5.74, 6) is -0.111. The van der Waals surface area contributed by atoms with Crippen molar-refractivity contribution in [3.05, 3.63) is 76.8 Å². The van der Waals surface area contributed by atoms with E-state index in [4.69, 9.17) is 5.73 Å². The summed E-state index contributed by atoms with van der Waals surface area (Å²) in [6.45, 7) is 3.12. The van der Waals surface area contributed by atoms with Gasteiger partial charge in [0.1, 0.15) is 0 Å². The quantitative estimate of drug-likeness (QED) is 0.325. The number of aliphatic hydroxyl groups is 2. The molecule has 33 heavy (non-hydrogen) atoms. The Morgan fingerprint density at radius 1 is 1.18 bits per heavy atom. The molecule has 0 aliphatic heterocycles. The van der Waals surface area contributed by atoms with E-state index >= 15 is 0 Å². The van der Waals surface area contributed by atoms with E-state index in [1.54, 1.807) is 6.20 Å². The molecule has 1 amide bonds. The lowest BCUT2D eigenvalue weighted by atomic mass is 10.0. The van der Waals surface area contributed by atoms with Crippen LogP contribution in [0.3, 0.4) is 0 Å². The SMILES string of the molecule is CCC(O)CN(CCc1ccc(NC(=O)Cc2cnc(N)s2)cc1)C(CO)c1ccccc1. The van der Waals surface area contributed by atoms with E-state index < -0.39 is 6.10 Å². The molecule has 2 aromatic carbocycles. The number of aromatic nitrogens is 1. The largest absolute Gasteiger partial charge is 0.394 e. The number of nitrogen functional groups attached to an aromatic ring is 1. The van der Waals surface area contributed by atoms with Crippen LogP contribution in [0.25, 0.3) is 0 Å². The Balaban J connectivity index is 1.60. The third-order valence-electron chi connectivity index (χ3n) is 5.55. The Morgan fingerprint density at radius 3 is 2.52 bits per heavy atom. The van der Waals surface area contributed by atoms with Crippen molar-refractivity contribution in [2.24, 2.45) is 0 Å². The summed E-state index contributed by atoms with van der Waals surface area (Å²) < 4.78 is 0. The molecule has 0 saturated heterocycles. The number of carbonyl (C=O) groups excluding carboxylic acids is 1. The number of benzene rings is 2. The normalized spacial score (nSPS) is 13.1. The maximum absolute atomic E-state index is 12.2. The van der Waals surface area contributed by atoms with Gasteiger partial charge in [0.15, 0.2) is 5.13 Å². The maximum atomic E-state index is 12.2. The van der Waals surface area contributed by atoms with E-state index in [0.29, 0.717) is 24.6 Å². The predicted octanol–water partition coefficient (Wildman–Crippen LogP) is 3.26. The van der Waals surface area contributed by atoms with Gasteiger partial charge in [-0.2, -0.15) is 0 Å². The monoisotopic (exact) mass is 468 g/mol. The second-order valence-corrected chi connectivity index (χ2v) is 9.15. The van der Waals surface area contributed by atoms with Crippen LogP contribution in [0.4, 0.5) is 10.8 Å². The van der Waals surface area contributed by atoms with Crippen molar-refractivity contribution in [3.63, 3.8) is 0 Å². The minimum Gasteiger partial charge on any atom is -0.394 e. The molecule has 1 aromatic heterocycles. The summed E-state index contributed by atoms with van der Waals surface area (Å²) >= 11 is 1.31. The van der Waals surface area contributed by atoms with Crippen LogP contribution >= 0.6 is 11.3 Å². The molecule has 2 atom stereocenters. The number of aliphatic hydroxyl groups excluding tert-OH is 2. The number of nitrogens with one attached hydrogen (secondary N) is 1. The molecule has 0 fully saturated rings. The van der Waals surface area contributed by atoms with Gasteiger partial charge >= 0.3 is 0 Å². The Labute approximate surface area is 198 Å². The third kappa shape index (κ3) is 7.64. The second-order valence-electron chi connectivity index (χ2n) is 8.00. The molecule has 3 aromatic rings. The number of hydrogen-bond acceptors (Lipinski definition) is 7. The molecular formula is C25H32N4O3S. The Bertz CT molecular complexity index is 994. The molecule has 0 aliphatic carbocycles. The number of hydrogen-bond donors (Lipinski definition) is 4. The fourth-order valence-corrected chi connectivity index (χ4v) is 4.36. The van der Waals surface area contributed by atoms with Gasteiger partial charge in [0.05, 0.1) is 25.2 Å². The van der Waals surface area contributed by atoms with Crippen LogP contribution in [0, 0.1) is 0 Å². The summed E-state index contributed by atoms with van der Waals surface area (Å²) in [6.07, 6.45) is 2.83. The van der Waals surface area contributed by atoms with Crippen LogP contribution in [0.5, 0.6) is 0 Å². The van der Waals surface area contributed by atoms with Crippen molar-refractivity contribution in [1.29, 1.82) is 0 Å². The molecule has 0 radical (unpaired) electrons. The molecule has 8 heteroatoms. The average molecular weight is 469 g/mol. The van der Waals surface area contributed by atoms with E-state index in [2.05, 4.69) is 15.2 Å². The van der Waals surface area contributed by atoms with Crippen molar-refractivity contribution >= 4 is 28.1 Å². The molecule has 0 saturated carbocycles. The van der Waals surface area contributed by atoms with Gasteiger partial charge < -0.3 is 21.3 Å². The highest BCUT2D eigenvalue weighted by Crippen LogP contribution is 2.22.